The third-order valence-electron chi connectivity index (χ3n) is 3.36. The Bertz CT molecular complexity index is 585. The Balaban J connectivity index is 1.89. The first-order chi connectivity index (χ1) is 10.7. The van der Waals surface area contributed by atoms with Crippen LogP contribution in [0.15, 0.2) is 18.5 Å². The van der Waals surface area contributed by atoms with Gasteiger partial charge in [-0.15, -0.1) is 0 Å². The van der Waals surface area contributed by atoms with E-state index in [1.54, 1.807) is 20.8 Å². The molecule has 1 aromatic rings. The average molecular weight is 323 g/mol. The molecule has 0 saturated heterocycles. The lowest BCUT2D eigenvalue weighted by Gasteiger charge is -2.21. The molecule has 1 aliphatic carbocycles. The molecule has 1 fully saturated rings. The van der Waals surface area contributed by atoms with Crippen LogP contribution in [0.3, 0.4) is 0 Å². The van der Waals surface area contributed by atoms with Gasteiger partial charge in [0.1, 0.15) is 17.9 Å². The minimum absolute atomic E-state index is 0.0595. The van der Waals surface area contributed by atoms with Crippen LogP contribution in [0, 0.1) is 10.1 Å². The fraction of sp³-hybridized carbons (Fsp3) is 0.600. The maximum Gasteiger partial charge on any atom is 0.407 e. The molecule has 1 N–H and O–H groups in total. The molecule has 1 aromatic heterocycles. The summed E-state index contributed by atoms with van der Waals surface area (Å²) < 4.78 is 10.9. The summed E-state index contributed by atoms with van der Waals surface area (Å²) in [5.74, 6) is 0.202. The predicted molar refractivity (Wildman–Crippen MR) is 82.3 cm³/mol. The lowest BCUT2D eigenvalue weighted by atomic mass is 10.2. The molecule has 1 amide bonds. The molecular formula is C15H21N3O5. The van der Waals surface area contributed by atoms with Crippen molar-refractivity contribution in [1.82, 2.24) is 10.3 Å². The second-order valence-electron chi connectivity index (χ2n) is 6.50. The smallest absolute Gasteiger partial charge is 0.407 e. The van der Waals surface area contributed by atoms with Crippen molar-refractivity contribution >= 4 is 11.8 Å². The molecule has 2 rings (SSSR count). The van der Waals surface area contributed by atoms with Crippen LogP contribution in [0.1, 0.15) is 40.0 Å². The van der Waals surface area contributed by atoms with Gasteiger partial charge in [0.05, 0.1) is 4.92 Å². The number of nitro groups is 1. The Labute approximate surface area is 134 Å². The van der Waals surface area contributed by atoms with E-state index >= 15 is 0 Å². The van der Waals surface area contributed by atoms with Crippen LogP contribution in [0.25, 0.3) is 0 Å². The van der Waals surface area contributed by atoms with Gasteiger partial charge in [-0.1, -0.05) is 0 Å². The van der Waals surface area contributed by atoms with E-state index in [-0.39, 0.29) is 23.6 Å². The van der Waals surface area contributed by atoms with E-state index in [2.05, 4.69) is 10.3 Å². The van der Waals surface area contributed by atoms with Crippen molar-refractivity contribution in [3.63, 3.8) is 0 Å². The van der Waals surface area contributed by atoms with Crippen molar-refractivity contribution < 1.29 is 19.2 Å². The molecule has 0 spiro atoms. The standard InChI is InChI=1S/C15H21N3O5/c1-15(2,3)23-14(19)17-10-4-5-11(8-10)22-13-6-7-16-9-12(13)18(20)21/h6-7,9-11H,4-5,8H2,1-3H3,(H,17,19)/t10-,11-/m0/s1. The zero-order chi connectivity index (χ0) is 17.0. The maximum absolute atomic E-state index is 11.8. The first-order valence-corrected chi connectivity index (χ1v) is 7.49. The van der Waals surface area contributed by atoms with E-state index in [0.29, 0.717) is 12.8 Å². The van der Waals surface area contributed by atoms with Crippen molar-refractivity contribution in [2.75, 3.05) is 0 Å². The SMILES string of the molecule is CC(C)(C)OC(=O)N[C@H]1CC[C@H](Oc2ccncc2[N+](=O)[O-])C1. The van der Waals surface area contributed by atoms with Gasteiger partial charge in [0, 0.05) is 24.7 Å². The molecule has 0 aromatic carbocycles. The molecule has 2 atom stereocenters. The van der Waals surface area contributed by atoms with E-state index in [4.69, 9.17) is 9.47 Å². The topological polar surface area (TPSA) is 104 Å². The highest BCUT2D eigenvalue weighted by atomic mass is 16.6. The highest BCUT2D eigenvalue weighted by molar-refractivity contribution is 5.68. The monoisotopic (exact) mass is 323 g/mol. The quantitative estimate of drug-likeness (QED) is 0.675. The van der Waals surface area contributed by atoms with Crippen LogP contribution in [-0.2, 0) is 4.74 Å². The van der Waals surface area contributed by atoms with E-state index in [9.17, 15) is 14.9 Å². The number of aromatic nitrogens is 1. The number of hydrogen-bond donors (Lipinski definition) is 1. The van der Waals surface area contributed by atoms with E-state index < -0.39 is 16.6 Å². The number of nitrogens with one attached hydrogen (secondary N) is 1. The number of alkyl carbamates (subject to hydrolysis) is 1. The van der Waals surface area contributed by atoms with Gasteiger partial charge in [0.15, 0.2) is 0 Å². The third-order valence-corrected chi connectivity index (χ3v) is 3.36. The minimum Gasteiger partial charge on any atom is -0.483 e. The van der Waals surface area contributed by atoms with Crippen LogP contribution in [-0.4, -0.2) is 33.7 Å². The third kappa shape index (κ3) is 5.08. The Hall–Kier alpha value is -2.38. The fourth-order valence-corrected chi connectivity index (χ4v) is 2.44. The maximum atomic E-state index is 11.8. The average Bonchev–Trinajstić information content (AvgIpc) is 2.84. The number of ether oxygens (including phenoxy) is 2. The molecule has 126 valence electrons. The number of rotatable bonds is 4. The second kappa shape index (κ2) is 6.80. The van der Waals surface area contributed by atoms with Crippen molar-refractivity contribution in [1.29, 1.82) is 0 Å². The van der Waals surface area contributed by atoms with Crippen LogP contribution in [0.4, 0.5) is 10.5 Å². The Morgan fingerprint density at radius 1 is 1.43 bits per heavy atom. The van der Waals surface area contributed by atoms with Crippen LogP contribution in [0.5, 0.6) is 5.75 Å². The van der Waals surface area contributed by atoms with Crippen molar-refractivity contribution in [3.05, 3.63) is 28.6 Å². The Morgan fingerprint density at radius 3 is 2.83 bits per heavy atom. The fourth-order valence-electron chi connectivity index (χ4n) is 2.44. The molecule has 0 bridgehead atoms. The van der Waals surface area contributed by atoms with Gasteiger partial charge in [0.25, 0.3) is 0 Å². The number of nitrogens with zero attached hydrogens (tertiary/aromatic N) is 2. The van der Waals surface area contributed by atoms with Gasteiger partial charge in [-0.25, -0.2) is 4.79 Å². The lowest BCUT2D eigenvalue weighted by Crippen LogP contribution is -2.38. The molecule has 1 heterocycles. The van der Waals surface area contributed by atoms with Gasteiger partial charge in [-0.3, -0.25) is 15.1 Å². The molecule has 8 heteroatoms. The van der Waals surface area contributed by atoms with Gasteiger partial charge in [-0.05, 0) is 33.6 Å². The lowest BCUT2D eigenvalue weighted by molar-refractivity contribution is -0.386. The van der Waals surface area contributed by atoms with Gasteiger partial charge in [0.2, 0.25) is 5.75 Å². The van der Waals surface area contributed by atoms with Crippen molar-refractivity contribution in [3.8, 4) is 5.75 Å². The summed E-state index contributed by atoms with van der Waals surface area (Å²) in [4.78, 5) is 25.9. The highest BCUT2D eigenvalue weighted by Gasteiger charge is 2.30. The summed E-state index contributed by atoms with van der Waals surface area (Å²) in [7, 11) is 0. The summed E-state index contributed by atoms with van der Waals surface area (Å²) in [6, 6.07) is 1.42. The van der Waals surface area contributed by atoms with Crippen LogP contribution in [0.2, 0.25) is 0 Å². The number of pyridine rings is 1. The summed E-state index contributed by atoms with van der Waals surface area (Å²) in [6.07, 6.45) is 4.00. The van der Waals surface area contributed by atoms with Gasteiger partial charge in [-0.2, -0.15) is 0 Å². The molecule has 8 nitrogen and oxygen atoms in total. The van der Waals surface area contributed by atoms with E-state index in [1.807, 2.05) is 0 Å². The molecule has 1 saturated carbocycles. The second-order valence-corrected chi connectivity index (χ2v) is 6.50. The molecule has 1 aliphatic rings. The Morgan fingerprint density at radius 2 is 2.17 bits per heavy atom. The largest absolute Gasteiger partial charge is 0.483 e. The normalized spacial score (nSPS) is 20.8. The summed E-state index contributed by atoms with van der Waals surface area (Å²) in [5.41, 5.74) is -0.702. The summed E-state index contributed by atoms with van der Waals surface area (Å²) in [6.45, 7) is 5.40. The molecule has 0 aliphatic heterocycles. The van der Waals surface area contributed by atoms with E-state index in [1.165, 1.54) is 18.5 Å². The van der Waals surface area contributed by atoms with Crippen molar-refractivity contribution in [2.24, 2.45) is 0 Å². The van der Waals surface area contributed by atoms with Crippen molar-refractivity contribution in [2.45, 2.75) is 57.8 Å². The number of carbonyl (C=O) groups is 1. The highest BCUT2D eigenvalue weighted by Crippen LogP contribution is 2.30. The molecule has 23 heavy (non-hydrogen) atoms. The summed E-state index contributed by atoms with van der Waals surface area (Å²) >= 11 is 0. The zero-order valence-electron chi connectivity index (χ0n) is 13.4. The Kier molecular flexibility index (Phi) is 5.02. The summed E-state index contributed by atoms with van der Waals surface area (Å²) in [5, 5.41) is 13.8. The van der Waals surface area contributed by atoms with E-state index in [0.717, 1.165) is 6.42 Å². The van der Waals surface area contributed by atoms with Gasteiger partial charge < -0.3 is 14.8 Å². The first kappa shape index (κ1) is 17.0. The molecular weight excluding hydrogens is 302 g/mol. The predicted octanol–water partition coefficient (Wildman–Crippen LogP) is 2.81. The minimum atomic E-state index is -0.545. The molecule has 0 unspecified atom stereocenters. The number of hydrogen-bond acceptors (Lipinski definition) is 6. The van der Waals surface area contributed by atoms with Crippen LogP contribution < -0.4 is 10.1 Å². The van der Waals surface area contributed by atoms with Crippen LogP contribution >= 0.6 is 0 Å². The van der Waals surface area contributed by atoms with Gasteiger partial charge >= 0.3 is 11.8 Å². The molecule has 0 radical (unpaired) electrons. The number of amides is 1. The number of carbonyl (C=O) groups excluding carboxylic acids is 1. The first-order valence-electron chi connectivity index (χ1n) is 7.49. The zero-order valence-corrected chi connectivity index (χ0v) is 13.4.